The minimum absolute atomic E-state index is 0.0507. The molecule has 1 amide bonds. The zero-order valence-corrected chi connectivity index (χ0v) is 12.6. The van der Waals surface area contributed by atoms with Gasteiger partial charge in [0, 0.05) is 18.8 Å². The second-order valence-electron chi connectivity index (χ2n) is 5.61. The number of halogens is 1. The number of hydrogen-bond donors (Lipinski definition) is 0. The summed E-state index contributed by atoms with van der Waals surface area (Å²) in [4.78, 5) is 30.3. The van der Waals surface area contributed by atoms with Gasteiger partial charge in [-0.25, -0.2) is 4.98 Å². The molecule has 0 unspecified atom stereocenters. The van der Waals surface area contributed by atoms with Crippen LogP contribution >= 0.6 is 11.6 Å². The quantitative estimate of drug-likeness (QED) is 0.589. The normalized spacial score (nSPS) is 24.9. The lowest BCUT2D eigenvalue weighted by Gasteiger charge is -2.37. The van der Waals surface area contributed by atoms with Crippen molar-refractivity contribution in [2.75, 3.05) is 13.7 Å². The van der Waals surface area contributed by atoms with Crippen LogP contribution in [0.1, 0.15) is 35.2 Å². The van der Waals surface area contributed by atoms with Gasteiger partial charge in [-0.05, 0) is 37.3 Å². The predicted molar refractivity (Wildman–Crippen MR) is 77.1 cm³/mol. The third-order valence-electron chi connectivity index (χ3n) is 4.44. The number of nitrogens with zero attached hydrogens (tertiary/aromatic N) is 2. The number of amides is 1. The van der Waals surface area contributed by atoms with Crippen molar-refractivity contribution >= 4 is 23.5 Å². The number of rotatable bonds is 1. The Bertz CT molecular complexity index is 590. The molecule has 5 nitrogen and oxygen atoms in total. The van der Waals surface area contributed by atoms with Gasteiger partial charge in [0.2, 0.25) is 0 Å². The number of aryl methyl sites for hydroxylation is 1. The van der Waals surface area contributed by atoms with E-state index in [1.807, 2.05) is 4.90 Å². The maximum absolute atomic E-state index is 12.7. The van der Waals surface area contributed by atoms with Crippen molar-refractivity contribution in [3.05, 3.63) is 28.5 Å². The van der Waals surface area contributed by atoms with Crippen molar-refractivity contribution < 1.29 is 14.3 Å². The highest BCUT2D eigenvalue weighted by Gasteiger charge is 2.37. The third kappa shape index (κ3) is 2.62. The van der Waals surface area contributed by atoms with E-state index in [9.17, 15) is 9.59 Å². The smallest absolute Gasteiger partial charge is 0.310 e. The lowest BCUT2D eigenvalue weighted by atomic mass is 9.91. The van der Waals surface area contributed by atoms with Crippen molar-refractivity contribution in [2.45, 2.75) is 31.7 Å². The maximum Gasteiger partial charge on any atom is 0.310 e. The van der Waals surface area contributed by atoms with Crippen LogP contribution in [0.3, 0.4) is 0 Å². The summed E-state index contributed by atoms with van der Waals surface area (Å²) in [6.07, 6.45) is 4.86. The highest BCUT2D eigenvalue weighted by molar-refractivity contribution is 6.29. The van der Waals surface area contributed by atoms with E-state index >= 15 is 0 Å². The van der Waals surface area contributed by atoms with Crippen LogP contribution in [0.4, 0.5) is 0 Å². The minimum atomic E-state index is -0.236. The van der Waals surface area contributed by atoms with Gasteiger partial charge in [0.15, 0.2) is 0 Å². The average Bonchev–Trinajstić information content (AvgIpc) is 2.63. The Kier molecular flexibility index (Phi) is 3.85. The van der Waals surface area contributed by atoms with Gasteiger partial charge in [0.25, 0.3) is 5.91 Å². The third-order valence-corrected chi connectivity index (χ3v) is 4.64. The first-order chi connectivity index (χ1) is 10.1. The first kappa shape index (κ1) is 14.3. The standard InChI is InChI=1S/C15H17ClN2O3/c1-21-15(20)10-3-5-11-4-2-9-6-13(16)17-7-12(9)14(19)18(11)8-10/h6-7,10-11H,2-5,8H2,1H3/t10-,11-/m1/s1. The van der Waals surface area contributed by atoms with E-state index in [0.717, 1.165) is 31.2 Å². The van der Waals surface area contributed by atoms with Gasteiger partial charge >= 0.3 is 5.97 Å². The van der Waals surface area contributed by atoms with Crippen LogP contribution in [-0.4, -0.2) is 41.5 Å². The molecule has 1 saturated heterocycles. The van der Waals surface area contributed by atoms with Gasteiger partial charge in [-0.1, -0.05) is 11.6 Å². The summed E-state index contributed by atoms with van der Waals surface area (Å²) in [5.41, 5.74) is 1.55. The van der Waals surface area contributed by atoms with E-state index in [-0.39, 0.29) is 23.8 Å². The van der Waals surface area contributed by atoms with Gasteiger partial charge in [0.05, 0.1) is 18.6 Å². The Balaban J connectivity index is 1.89. The summed E-state index contributed by atoms with van der Waals surface area (Å²) >= 11 is 5.92. The zero-order chi connectivity index (χ0) is 15.0. The first-order valence-electron chi connectivity index (χ1n) is 7.13. The summed E-state index contributed by atoms with van der Waals surface area (Å²) in [6.45, 7) is 0.429. The van der Waals surface area contributed by atoms with Gasteiger partial charge < -0.3 is 9.64 Å². The van der Waals surface area contributed by atoms with Crippen LogP contribution < -0.4 is 0 Å². The van der Waals surface area contributed by atoms with Crippen LogP contribution in [-0.2, 0) is 16.0 Å². The minimum Gasteiger partial charge on any atom is -0.469 e. The molecule has 1 aromatic rings. The lowest BCUT2D eigenvalue weighted by molar-refractivity contribution is -0.147. The van der Waals surface area contributed by atoms with Crippen molar-refractivity contribution in [2.24, 2.45) is 5.92 Å². The second-order valence-corrected chi connectivity index (χ2v) is 6.00. The average molecular weight is 309 g/mol. The molecule has 0 aromatic carbocycles. The molecule has 2 aliphatic rings. The van der Waals surface area contributed by atoms with Crippen LogP contribution in [0, 0.1) is 5.92 Å². The molecule has 0 spiro atoms. The molecule has 0 radical (unpaired) electrons. The van der Waals surface area contributed by atoms with E-state index in [1.54, 1.807) is 12.3 Å². The summed E-state index contributed by atoms with van der Waals surface area (Å²) in [5, 5.41) is 0.411. The number of hydrogen-bond acceptors (Lipinski definition) is 4. The van der Waals surface area contributed by atoms with Crippen molar-refractivity contribution in [3.63, 3.8) is 0 Å². The molecule has 0 aliphatic carbocycles. The molecule has 0 N–H and O–H groups in total. The Hall–Kier alpha value is -1.62. The number of methoxy groups -OCH3 is 1. The van der Waals surface area contributed by atoms with Gasteiger partial charge in [-0.3, -0.25) is 9.59 Å². The Morgan fingerprint density at radius 2 is 2.24 bits per heavy atom. The summed E-state index contributed by atoms with van der Waals surface area (Å²) in [7, 11) is 1.39. The monoisotopic (exact) mass is 308 g/mol. The topological polar surface area (TPSA) is 59.5 Å². The van der Waals surface area contributed by atoms with Crippen molar-refractivity contribution in [1.29, 1.82) is 0 Å². The predicted octanol–water partition coefficient (Wildman–Crippen LogP) is 2.07. The Morgan fingerprint density at radius 1 is 1.43 bits per heavy atom. The molecular weight excluding hydrogens is 292 g/mol. The lowest BCUT2D eigenvalue weighted by Crippen LogP contribution is -2.48. The van der Waals surface area contributed by atoms with Crippen molar-refractivity contribution in [3.8, 4) is 0 Å². The fraction of sp³-hybridized carbons (Fsp3) is 0.533. The molecule has 0 saturated carbocycles. The van der Waals surface area contributed by atoms with E-state index < -0.39 is 0 Å². The number of piperidine rings is 1. The SMILES string of the molecule is COC(=O)[C@@H]1CC[C@H]2CCc3cc(Cl)ncc3C(=O)N2C1. The number of ether oxygens (including phenoxy) is 1. The second kappa shape index (κ2) is 5.64. The van der Waals surface area contributed by atoms with E-state index in [4.69, 9.17) is 16.3 Å². The highest BCUT2D eigenvalue weighted by atomic mass is 35.5. The summed E-state index contributed by atoms with van der Waals surface area (Å²) in [5.74, 6) is -0.512. The fourth-order valence-corrected chi connectivity index (χ4v) is 3.46. The fourth-order valence-electron chi connectivity index (χ4n) is 3.28. The molecule has 0 bridgehead atoms. The molecule has 3 rings (SSSR count). The van der Waals surface area contributed by atoms with Gasteiger partial charge in [-0.15, -0.1) is 0 Å². The number of aromatic nitrogens is 1. The Labute approximate surface area is 128 Å². The first-order valence-corrected chi connectivity index (χ1v) is 7.51. The largest absolute Gasteiger partial charge is 0.469 e. The molecule has 1 fully saturated rings. The number of esters is 1. The number of pyridine rings is 1. The molecule has 6 heteroatoms. The van der Waals surface area contributed by atoms with E-state index in [0.29, 0.717) is 17.3 Å². The van der Waals surface area contributed by atoms with E-state index in [1.165, 1.54) is 7.11 Å². The summed E-state index contributed by atoms with van der Waals surface area (Å²) in [6, 6.07) is 1.95. The van der Waals surface area contributed by atoms with Crippen LogP contribution in [0.15, 0.2) is 12.3 Å². The number of carbonyl (C=O) groups is 2. The molecule has 3 heterocycles. The molecular formula is C15H17ClN2O3. The molecule has 2 atom stereocenters. The molecule has 2 aliphatic heterocycles. The van der Waals surface area contributed by atoms with Crippen LogP contribution in [0.5, 0.6) is 0 Å². The maximum atomic E-state index is 12.7. The van der Waals surface area contributed by atoms with Crippen molar-refractivity contribution in [1.82, 2.24) is 9.88 Å². The van der Waals surface area contributed by atoms with Gasteiger partial charge in [0.1, 0.15) is 5.15 Å². The Morgan fingerprint density at radius 3 is 3.00 bits per heavy atom. The molecule has 21 heavy (non-hydrogen) atoms. The number of fused-ring (bicyclic) bond motifs is 2. The van der Waals surface area contributed by atoms with E-state index in [2.05, 4.69) is 4.98 Å². The molecule has 1 aromatic heterocycles. The van der Waals surface area contributed by atoms with Crippen LogP contribution in [0.2, 0.25) is 5.15 Å². The van der Waals surface area contributed by atoms with Gasteiger partial charge in [-0.2, -0.15) is 0 Å². The van der Waals surface area contributed by atoms with Crippen LogP contribution in [0.25, 0.3) is 0 Å². The highest BCUT2D eigenvalue weighted by Crippen LogP contribution is 2.31. The summed E-state index contributed by atoms with van der Waals surface area (Å²) < 4.78 is 4.81. The number of carbonyl (C=O) groups excluding carboxylic acids is 2. The zero-order valence-electron chi connectivity index (χ0n) is 11.8. The molecule has 112 valence electrons.